The van der Waals surface area contributed by atoms with Crippen molar-refractivity contribution in [1.29, 1.82) is 0 Å². The number of rotatable bonds is 15. The Morgan fingerprint density at radius 1 is 0.789 bits per heavy atom. The van der Waals surface area contributed by atoms with Crippen LogP contribution in [0, 0.1) is 10.8 Å². The first-order chi connectivity index (χ1) is 17.5. The van der Waals surface area contributed by atoms with E-state index < -0.39 is 0 Å². The molecule has 1 aromatic carbocycles. The molecule has 1 heterocycles. The molecule has 1 fully saturated rings. The van der Waals surface area contributed by atoms with Gasteiger partial charge in [0, 0.05) is 36.3 Å². The molecular formula is C32H59N3O3. The fourth-order valence-corrected chi connectivity index (χ4v) is 5.38. The van der Waals surface area contributed by atoms with Gasteiger partial charge in [0.05, 0.1) is 19.8 Å². The Morgan fingerprint density at radius 3 is 2.00 bits per heavy atom. The number of hydrogen-bond acceptors (Lipinski definition) is 6. The highest BCUT2D eigenvalue weighted by Crippen LogP contribution is 2.35. The van der Waals surface area contributed by atoms with Crippen molar-refractivity contribution in [2.24, 2.45) is 10.8 Å². The molecule has 6 heteroatoms. The summed E-state index contributed by atoms with van der Waals surface area (Å²) in [4.78, 5) is 2.55. The quantitative estimate of drug-likeness (QED) is 0.264. The van der Waals surface area contributed by atoms with Crippen LogP contribution < -0.4 is 20.1 Å². The maximum atomic E-state index is 6.21. The van der Waals surface area contributed by atoms with Crippen molar-refractivity contribution in [3.05, 3.63) is 24.3 Å². The Labute approximate surface area is 234 Å². The SMILES string of the molecule is CC(C)(COCCN1CCC(NC(C)(C)C)CC1)CC(C)(C)COc1cccc(OCCNC(C)(C)C)c1. The lowest BCUT2D eigenvalue weighted by Gasteiger charge is -2.37. The van der Waals surface area contributed by atoms with Crippen LogP contribution in [0.5, 0.6) is 11.5 Å². The van der Waals surface area contributed by atoms with Crippen molar-refractivity contribution in [1.82, 2.24) is 15.5 Å². The van der Waals surface area contributed by atoms with Gasteiger partial charge < -0.3 is 29.7 Å². The van der Waals surface area contributed by atoms with Gasteiger partial charge in [0.25, 0.3) is 0 Å². The Morgan fingerprint density at radius 2 is 1.39 bits per heavy atom. The molecule has 2 N–H and O–H groups in total. The smallest absolute Gasteiger partial charge is 0.123 e. The summed E-state index contributed by atoms with van der Waals surface area (Å²) in [6, 6.07) is 8.62. The maximum Gasteiger partial charge on any atom is 0.123 e. The van der Waals surface area contributed by atoms with E-state index in [0.717, 1.165) is 57.3 Å². The summed E-state index contributed by atoms with van der Waals surface area (Å²) < 4.78 is 18.3. The molecule has 0 spiro atoms. The van der Waals surface area contributed by atoms with E-state index in [1.807, 2.05) is 24.3 Å². The number of piperidine rings is 1. The third-order valence-electron chi connectivity index (χ3n) is 6.69. The molecule has 2 rings (SSSR count). The van der Waals surface area contributed by atoms with Crippen molar-refractivity contribution in [2.75, 3.05) is 52.6 Å². The molecular weight excluding hydrogens is 474 g/mol. The molecule has 6 nitrogen and oxygen atoms in total. The highest BCUT2D eigenvalue weighted by molar-refractivity contribution is 5.33. The van der Waals surface area contributed by atoms with Crippen molar-refractivity contribution in [3.8, 4) is 11.5 Å². The Kier molecular flexibility index (Phi) is 12.4. The topological polar surface area (TPSA) is 55.0 Å². The fourth-order valence-electron chi connectivity index (χ4n) is 5.38. The number of likely N-dealkylation sites (tertiary alicyclic amines) is 1. The van der Waals surface area contributed by atoms with Crippen molar-refractivity contribution in [2.45, 2.75) is 106 Å². The van der Waals surface area contributed by atoms with Crippen molar-refractivity contribution < 1.29 is 14.2 Å². The van der Waals surface area contributed by atoms with Crippen LogP contribution in [-0.2, 0) is 4.74 Å². The van der Waals surface area contributed by atoms with E-state index in [-0.39, 0.29) is 21.9 Å². The zero-order chi connectivity index (χ0) is 28.5. The van der Waals surface area contributed by atoms with E-state index in [1.54, 1.807) is 0 Å². The van der Waals surface area contributed by atoms with Crippen LogP contribution in [0.25, 0.3) is 0 Å². The normalized spacial score (nSPS) is 16.6. The largest absolute Gasteiger partial charge is 0.493 e. The fraction of sp³-hybridized carbons (Fsp3) is 0.812. The third kappa shape index (κ3) is 14.7. The van der Waals surface area contributed by atoms with Crippen LogP contribution in [0.4, 0.5) is 0 Å². The van der Waals surface area contributed by atoms with E-state index in [1.165, 1.54) is 12.8 Å². The average Bonchev–Trinajstić information content (AvgIpc) is 2.77. The molecule has 1 aliphatic heterocycles. The van der Waals surface area contributed by atoms with E-state index in [9.17, 15) is 0 Å². The molecule has 0 aliphatic carbocycles. The van der Waals surface area contributed by atoms with Gasteiger partial charge in [0.2, 0.25) is 0 Å². The van der Waals surface area contributed by atoms with Crippen LogP contribution in [0.3, 0.4) is 0 Å². The average molecular weight is 534 g/mol. The molecule has 1 saturated heterocycles. The van der Waals surface area contributed by atoms with Gasteiger partial charge in [-0.15, -0.1) is 0 Å². The van der Waals surface area contributed by atoms with Gasteiger partial charge in [0.15, 0.2) is 0 Å². The Balaban J connectivity index is 1.67. The summed E-state index contributed by atoms with van der Waals surface area (Å²) in [6.07, 6.45) is 3.47. The molecule has 0 radical (unpaired) electrons. The molecule has 0 bridgehead atoms. The van der Waals surface area contributed by atoms with E-state index in [2.05, 4.69) is 84.8 Å². The van der Waals surface area contributed by atoms with Crippen molar-refractivity contribution >= 4 is 0 Å². The Bertz CT molecular complexity index is 803. The first-order valence-electron chi connectivity index (χ1n) is 14.7. The second kappa shape index (κ2) is 14.3. The highest BCUT2D eigenvalue weighted by Gasteiger charge is 2.30. The minimum atomic E-state index is 0.0300. The predicted octanol–water partition coefficient (Wildman–Crippen LogP) is 6.14. The number of hydrogen-bond donors (Lipinski definition) is 2. The van der Waals surface area contributed by atoms with Gasteiger partial charge >= 0.3 is 0 Å². The van der Waals surface area contributed by atoms with Crippen molar-refractivity contribution in [3.63, 3.8) is 0 Å². The third-order valence-corrected chi connectivity index (χ3v) is 6.69. The lowest BCUT2D eigenvalue weighted by Crippen LogP contribution is -2.49. The highest BCUT2D eigenvalue weighted by atomic mass is 16.5. The molecule has 220 valence electrons. The van der Waals surface area contributed by atoms with Gasteiger partial charge in [-0.3, -0.25) is 0 Å². The van der Waals surface area contributed by atoms with Gasteiger partial charge in [-0.1, -0.05) is 33.8 Å². The zero-order valence-electron chi connectivity index (χ0n) is 26.3. The minimum absolute atomic E-state index is 0.0300. The molecule has 38 heavy (non-hydrogen) atoms. The first kappa shape index (κ1) is 32.9. The lowest BCUT2D eigenvalue weighted by molar-refractivity contribution is 0.0146. The van der Waals surface area contributed by atoms with Gasteiger partial charge in [0.1, 0.15) is 18.1 Å². The number of nitrogens with one attached hydrogen (secondary N) is 2. The Hall–Kier alpha value is -1.34. The van der Waals surface area contributed by atoms with Crippen LogP contribution in [0.2, 0.25) is 0 Å². The summed E-state index contributed by atoms with van der Waals surface area (Å²) in [5.41, 5.74) is 0.409. The minimum Gasteiger partial charge on any atom is -0.493 e. The molecule has 0 unspecified atom stereocenters. The number of benzene rings is 1. The molecule has 1 aromatic rings. The molecule has 1 aliphatic rings. The standard InChI is InChI=1S/C32H59N3O3/c1-29(2,3)33-16-20-37-27-12-11-13-28(22-27)38-25-32(9,10)23-31(7,8)24-36-21-19-35-17-14-26(15-18-35)34-30(4,5)6/h11-13,22,26,33-34H,14-21,23-25H2,1-10H3. The van der Waals surface area contributed by atoms with Crippen LogP contribution in [-0.4, -0.2) is 74.6 Å². The van der Waals surface area contributed by atoms with Crippen LogP contribution >= 0.6 is 0 Å². The monoisotopic (exact) mass is 533 g/mol. The van der Waals surface area contributed by atoms with Crippen LogP contribution in [0.1, 0.15) is 88.5 Å². The van der Waals surface area contributed by atoms with E-state index >= 15 is 0 Å². The van der Waals surface area contributed by atoms with Gasteiger partial charge in [-0.25, -0.2) is 0 Å². The van der Waals surface area contributed by atoms with Gasteiger partial charge in [-0.05, 0) is 96.9 Å². The first-order valence-corrected chi connectivity index (χ1v) is 14.7. The molecule has 0 atom stereocenters. The number of ether oxygens (including phenoxy) is 3. The lowest BCUT2D eigenvalue weighted by atomic mass is 9.76. The zero-order valence-corrected chi connectivity index (χ0v) is 26.3. The summed E-state index contributed by atoms with van der Waals surface area (Å²) in [5.74, 6) is 1.70. The number of nitrogens with zero attached hydrogens (tertiary/aromatic N) is 1. The second-order valence-electron chi connectivity index (χ2n) is 14.9. The second-order valence-corrected chi connectivity index (χ2v) is 14.9. The predicted molar refractivity (Wildman–Crippen MR) is 161 cm³/mol. The molecule has 0 saturated carbocycles. The summed E-state index contributed by atoms with van der Waals surface area (Å²) in [5, 5.41) is 7.19. The van der Waals surface area contributed by atoms with E-state index in [0.29, 0.717) is 19.3 Å². The molecule has 0 amide bonds. The van der Waals surface area contributed by atoms with Crippen LogP contribution in [0.15, 0.2) is 24.3 Å². The summed E-state index contributed by atoms with van der Waals surface area (Å²) >= 11 is 0. The maximum absolute atomic E-state index is 6.21. The molecule has 0 aromatic heterocycles. The van der Waals surface area contributed by atoms with Gasteiger partial charge in [-0.2, -0.15) is 0 Å². The summed E-state index contributed by atoms with van der Waals surface area (Å²) in [6.45, 7) is 29.4. The van der Waals surface area contributed by atoms with E-state index in [4.69, 9.17) is 14.2 Å². The summed E-state index contributed by atoms with van der Waals surface area (Å²) in [7, 11) is 0.